The van der Waals surface area contributed by atoms with Crippen LogP contribution >= 0.6 is 0 Å². The number of rotatable bonds is 6. The molecule has 0 aromatic heterocycles. The van der Waals surface area contributed by atoms with Gasteiger partial charge in [0.15, 0.2) is 0 Å². The van der Waals surface area contributed by atoms with Gasteiger partial charge in [-0.2, -0.15) is 0 Å². The third kappa shape index (κ3) is 3.69. The van der Waals surface area contributed by atoms with E-state index in [1.54, 1.807) is 0 Å². The first-order valence-electron chi connectivity index (χ1n) is 7.65. The maximum Gasteiger partial charge on any atom is 0.0686 e. The fourth-order valence-corrected chi connectivity index (χ4v) is 3.54. The molecule has 1 saturated carbocycles. The Labute approximate surface area is 111 Å². The number of aliphatic hydroxyl groups excluding tert-OH is 1. The molecular weight excluding hydrogens is 228 g/mol. The molecule has 2 unspecified atom stereocenters. The van der Waals surface area contributed by atoms with Crippen molar-refractivity contribution in [3.05, 3.63) is 0 Å². The molecule has 0 radical (unpaired) electrons. The number of aliphatic hydroxyl groups is 1. The zero-order valence-electron chi connectivity index (χ0n) is 11.7. The molecule has 2 fully saturated rings. The molecule has 3 nitrogen and oxygen atoms in total. The van der Waals surface area contributed by atoms with Gasteiger partial charge in [0.1, 0.15) is 0 Å². The fourth-order valence-electron chi connectivity index (χ4n) is 3.54. The van der Waals surface area contributed by atoms with Gasteiger partial charge < -0.3 is 14.6 Å². The maximum absolute atomic E-state index is 10.3. The van der Waals surface area contributed by atoms with Crippen molar-refractivity contribution in [2.45, 2.75) is 70.0 Å². The quantitative estimate of drug-likeness (QED) is 0.743. The predicted molar refractivity (Wildman–Crippen MR) is 71.6 cm³/mol. The van der Waals surface area contributed by atoms with Crippen LogP contribution in [0.3, 0.4) is 0 Å². The van der Waals surface area contributed by atoms with Crippen molar-refractivity contribution in [2.75, 3.05) is 19.8 Å². The van der Waals surface area contributed by atoms with Crippen molar-refractivity contribution in [1.29, 1.82) is 0 Å². The number of hydrogen-bond acceptors (Lipinski definition) is 3. The van der Waals surface area contributed by atoms with Gasteiger partial charge in [-0.25, -0.2) is 0 Å². The number of hydrogen-bond donors (Lipinski definition) is 1. The fraction of sp³-hybridized carbons (Fsp3) is 1.00. The van der Waals surface area contributed by atoms with E-state index >= 15 is 0 Å². The molecule has 0 amide bonds. The summed E-state index contributed by atoms with van der Waals surface area (Å²) in [4.78, 5) is 0. The topological polar surface area (TPSA) is 38.7 Å². The van der Waals surface area contributed by atoms with Gasteiger partial charge in [0.25, 0.3) is 0 Å². The normalized spacial score (nSPS) is 28.7. The second-order valence-corrected chi connectivity index (χ2v) is 5.90. The highest BCUT2D eigenvalue weighted by Crippen LogP contribution is 2.43. The molecule has 1 N–H and O–H groups in total. The first-order valence-corrected chi connectivity index (χ1v) is 7.65. The smallest absolute Gasteiger partial charge is 0.0686 e. The zero-order chi connectivity index (χ0) is 12.8. The highest BCUT2D eigenvalue weighted by Gasteiger charge is 2.41. The Hall–Kier alpha value is -0.120. The van der Waals surface area contributed by atoms with Crippen LogP contribution in [0.25, 0.3) is 0 Å². The molecule has 106 valence electrons. The van der Waals surface area contributed by atoms with Crippen LogP contribution in [0.15, 0.2) is 0 Å². The van der Waals surface area contributed by atoms with Crippen LogP contribution in [-0.4, -0.2) is 36.6 Å². The minimum atomic E-state index is -0.160. The molecule has 0 aromatic rings. The van der Waals surface area contributed by atoms with E-state index in [9.17, 15) is 5.11 Å². The monoisotopic (exact) mass is 256 g/mol. The Morgan fingerprint density at radius 2 is 2.17 bits per heavy atom. The first kappa shape index (κ1) is 14.3. The lowest BCUT2D eigenvalue weighted by atomic mass is 9.80. The van der Waals surface area contributed by atoms with E-state index in [2.05, 4.69) is 0 Å². The minimum absolute atomic E-state index is 0.129. The third-order valence-electron chi connectivity index (χ3n) is 4.58. The summed E-state index contributed by atoms with van der Waals surface area (Å²) in [6, 6.07) is 0. The largest absolute Gasteiger partial charge is 0.393 e. The van der Waals surface area contributed by atoms with Gasteiger partial charge in [0.05, 0.1) is 11.7 Å². The Morgan fingerprint density at radius 3 is 2.89 bits per heavy atom. The molecule has 1 aliphatic heterocycles. The lowest BCUT2D eigenvalue weighted by Crippen LogP contribution is -2.41. The summed E-state index contributed by atoms with van der Waals surface area (Å²) in [5, 5.41) is 10.3. The Balaban J connectivity index is 1.74. The summed E-state index contributed by atoms with van der Waals surface area (Å²) < 4.78 is 11.3. The molecule has 2 rings (SSSR count). The summed E-state index contributed by atoms with van der Waals surface area (Å²) in [5.41, 5.74) is 0.129. The van der Waals surface area contributed by atoms with Crippen LogP contribution < -0.4 is 0 Å². The molecule has 1 saturated heterocycles. The summed E-state index contributed by atoms with van der Waals surface area (Å²) >= 11 is 0. The molecule has 1 heterocycles. The van der Waals surface area contributed by atoms with E-state index in [1.165, 1.54) is 25.7 Å². The standard InChI is InChI=1S/C15H28O3/c1-2-17-10-5-6-14(16)13-7-11-18-15(12-13)8-3-4-9-15/h13-14,16H,2-12H2,1H3. The van der Waals surface area contributed by atoms with Crippen molar-refractivity contribution < 1.29 is 14.6 Å². The Bertz CT molecular complexity index is 236. The maximum atomic E-state index is 10.3. The molecule has 2 atom stereocenters. The molecule has 1 aliphatic carbocycles. The predicted octanol–water partition coefficient (Wildman–Crippen LogP) is 2.90. The van der Waals surface area contributed by atoms with Crippen LogP contribution in [0.2, 0.25) is 0 Å². The average Bonchev–Trinajstić information content (AvgIpc) is 2.82. The van der Waals surface area contributed by atoms with E-state index in [0.717, 1.165) is 45.5 Å². The van der Waals surface area contributed by atoms with Crippen LogP contribution in [0.5, 0.6) is 0 Å². The average molecular weight is 256 g/mol. The van der Waals surface area contributed by atoms with Gasteiger partial charge >= 0.3 is 0 Å². The van der Waals surface area contributed by atoms with E-state index in [4.69, 9.17) is 9.47 Å². The van der Waals surface area contributed by atoms with Gasteiger partial charge in [0.2, 0.25) is 0 Å². The van der Waals surface area contributed by atoms with Crippen LogP contribution in [-0.2, 0) is 9.47 Å². The van der Waals surface area contributed by atoms with Gasteiger partial charge in [-0.3, -0.25) is 0 Å². The minimum Gasteiger partial charge on any atom is -0.393 e. The van der Waals surface area contributed by atoms with Crippen molar-refractivity contribution in [2.24, 2.45) is 5.92 Å². The van der Waals surface area contributed by atoms with E-state index in [1.807, 2.05) is 6.92 Å². The zero-order valence-corrected chi connectivity index (χ0v) is 11.7. The van der Waals surface area contributed by atoms with Crippen LogP contribution in [0, 0.1) is 5.92 Å². The second kappa shape index (κ2) is 6.88. The highest BCUT2D eigenvalue weighted by atomic mass is 16.5. The lowest BCUT2D eigenvalue weighted by molar-refractivity contribution is -0.113. The van der Waals surface area contributed by atoms with Crippen LogP contribution in [0.1, 0.15) is 58.3 Å². The van der Waals surface area contributed by atoms with E-state index in [-0.39, 0.29) is 11.7 Å². The Kier molecular flexibility index (Phi) is 5.46. The second-order valence-electron chi connectivity index (χ2n) is 5.90. The van der Waals surface area contributed by atoms with Gasteiger partial charge in [-0.05, 0) is 51.4 Å². The van der Waals surface area contributed by atoms with Gasteiger partial charge in [-0.1, -0.05) is 12.8 Å². The van der Waals surface area contributed by atoms with E-state index < -0.39 is 0 Å². The van der Waals surface area contributed by atoms with Crippen molar-refractivity contribution in [3.63, 3.8) is 0 Å². The third-order valence-corrected chi connectivity index (χ3v) is 4.58. The summed E-state index contributed by atoms with van der Waals surface area (Å²) in [5.74, 6) is 0.443. The highest BCUT2D eigenvalue weighted by molar-refractivity contribution is 4.92. The summed E-state index contributed by atoms with van der Waals surface area (Å²) in [7, 11) is 0. The molecular formula is C15H28O3. The Morgan fingerprint density at radius 1 is 1.39 bits per heavy atom. The molecule has 1 spiro atoms. The van der Waals surface area contributed by atoms with Gasteiger partial charge in [-0.15, -0.1) is 0 Å². The molecule has 0 bridgehead atoms. The summed E-state index contributed by atoms with van der Waals surface area (Å²) in [6.45, 7) is 4.41. The van der Waals surface area contributed by atoms with Crippen molar-refractivity contribution >= 4 is 0 Å². The lowest BCUT2D eigenvalue weighted by Gasteiger charge is -2.40. The SMILES string of the molecule is CCOCCCC(O)C1CCOC2(CCCC2)C1. The van der Waals surface area contributed by atoms with Crippen molar-refractivity contribution in [3.8, 4) is 0 Å². The van der Waals surface area contributed by atoms with Crippen molar-refractivity contribution in [1.82, 2.24) is 0 Å². The molecule has 2 aliphatic rings. The molecule has 0 aromatic carbocycles. The van der Waals surface area contributed by atoms with Gasteiger partial charge in [0, 0.05) is 19.8 Å². The number of ether oxygens (including phenoxy) is 2. The molecule has 3 heteroatoms. The van der Waals surface area contributed by atoms with Crippen LogP contribution in [0.4, 0.5) is 0 Å². The van der Waals surface area contributed by atoms with E-state index in [0.29, 0.717) is 5.92 Å². The molecule has 18 heavy (non-hydrogen) atoms. The summed E-state index contributed by atoms with van der Waals surface area (Å²) in [6.07, 6.45) is 8.79. The first-order chi connectivity index (χ1) is 8.76.